The first-order chi connectivity index (χ1) is 4.40. The second-order valence-electron chi connectivity index (χ2n) is 3.33. The van der Waals surface area contributed by atoms with Gasteiger partial charge in [0.1, 0.15) is 0 Å². The highest BCUT2D eigenvalue weighted by Crippen LogP contribution is 2.58. The molecule has 10 heavy (non-hydrogen) atoms. The molecule has 1 nitrogen and oxygen atoms in total. The van der Waals surface area contributed by atoms with Gasteiger partial charge in [-0.2, -0.15) is 0 Å². The maximum absolute atomic E-state index is 12.7. The van der Waals surface area contributed by atoms with Gasteiger partial charge < -0.3 is 5.73 Å². The van der Waals surface area contributed by atoms with E-state index in [0.717, 1.165) is 6.92 Å². The average molecular weight is 149 g/mol. The van der Waals surface area contributed by atoms with Crippen LogP contribution in [0.3, 0.4) is 0 Å². The van der Waals surface area contributed by atoms with E-state index < -0.39 is 11.3 Å². The zero-order valence-electron chi connectivity index (χ0n) is 6.32. The summed E-state index contributed by atoms with van der Waals surface area (Å²) < 4.78 is 25.5. The topological polar surface area (TPSA) is 26.0 Å². The van der Waals surface area contributed by atoms with Crippen LogP contribution in [0.5, 0.6) is 0 Å². The molecule has 1 aliphatic rings. The highest BCUT2D eigenvalue weighted by Gasteiger charge is 2.61. The van der Waals surface area contributed by atoms with Crippen molar-refractivity contribution < 1.29 is 8.78 Å². The van der Waals surface area contributed by atoms with Gasteiger partial charge in [0.05, 0.1) is 0 Å². The lowest BCUT2D eigenvalue weighted by atomic mass is 9.92. The molecule has 0 aromatic rings. The molecule has 0 radical (unpaired) electrons. The molecular weight excluding hydrogens is 136 g/mol. The lowest BCUT2D eigenvalue weighted by Gasteiger charge is -2.26. The van der Waals surface area contributed by atoms with Crippen LogP contribution in [0.2, 0.25) is 0 Å². The molecule has 1 unspecified atom stereocenters. The molecule has 0 aliphatic heterocycles. The van der Waals surface area contributed by atoms with Crippen LogP contribution in [-0.4, -0.2) is 12.0 Å². The molecular formula is C7H13F2N. The van der Waals surface area contributed by atoms with E-state index in [4.69, 9.17) is 5.73 Å². The minimum atomic E-state index is -2.60. The zero-order chi connectivity index (χ0) is 7.99. The summed E-state index contributed by atoms with van der Waals surface area (Å²) in [6.07, 6.45) is 1.16. The number of halogens is 2. The van der Waals surface area contributed by atoms with E-state index in [-0.39, 0.29) is 6.04 Å². The SMILES string of the molecule is CC(N)C1(C(C)(F)F)CC1. The number of nitrogens with two attached hydrogens (primary N) is 1. The van der Waals surface area contributed by atoms with Gasteiger partial charge in [-0.05, 0) is 26.7 Å². The van der Waals surface area contributed by atoms with Crippen molar-refractivity contribution in [3.05, 3.63) is 0 Å². The van der Waals surface area contributed by atoms with Crippen LogP contribution >= 0.6 is 0 Å². The summed E-state index contributed by atoms with van der Waals surface area (Å²) in [6.45, 7) is 2.62. The zero-order valence-corrected chi connectivity index (χ0v) is 6.32. The van der Waals surface area contributed by atoms with Gasteiger partial charge in [0.15, 0.2) is 0 Å². The van der Waals surface area contributed by atoms with Crippen molar-refractivity contribution in [1.29, 1.82) is 0 Å². The smallest absolute Gasteiger partial charge is 0.252 e. The van der Waals surface area contributed by atoms with E-state index in [1.807, 2.05) is 0 Å². The van der Waals surface area contributed by atoms with Gasteiger partial charge in [0, 0.05) is 11.5 Å². The number of hydrogen-bond acceptors (Lipinski definition) is 1. The Morgan fingerprint density at radius 3 is 1.90 bits per heavy atom. The van der Waals surface area contributed by atoms with Crippen LogP contribution in [0.4, 0.5) is 8.78 Å². The Hall–Kier alpha value is -0.180. The Morgan fingerprint density at radius 1 is 1.50 bits per heavy atom. The molecule has 1 saturated carbocycles. The van der Waals surface area contributed by atoms with E-state index >= 15 is 0 Å². The first kappa shape index (κ1) is 7.92. The Labute approximate surface area is 59.6 Å². The van der Waals surface area contributed by atoms with Gasteiger partial charge in [-0.3, -0.25) is 0 Å². The summed E-state index contributed by atoms with van der Waals surface area (Å²) in [4.78, 5) is 0. The summed E-state index contributed by atoms with van der Waals surface area (Å²) in [7, 11) is 0. The summed E-state index contributed by atoms with van der Waals surface area (Å²) in [6, 6.07) is -0.382. The van der Waals surface area contributed by atoms with Crippen LogP contribution in [-0.2, 0) is 0 Å². The van der Waals surface area contributed by atoms with Crippen molar-refractivity contribution in [2.75, 3.05) is 0 Å². The van der Waals surface area contributed by atoms with Gasteiger partial charge in [-0.15, -0.1) is 0 Å². The summed E-state index contributed by atoms with van der Waals surface area (Å²) in [5, 5.41) is 0. The number of hydrogen-bond donors (Lipinski definition) is 1. The molecule has 0 heterocycles. The summed E-state index contributed by atoms with van der Waals surface area (Å²) in [5.74, 6) is -2.60. The van der Waals surface area contributed by atoms with Crippen molar-refractivity contribution >= 4 is 0 Å². The second kappa shape index (κ2) is 1.91. The molecule has 0 saturated heterocycles. The van der Waals surface area contributed by atoms with E-state index in [2.05, 4.69) is 0 Å². The molecule has 1 fully saturated rings. The monoisotopic (exact) mass is 149 g/mol. The quantitative estimate of drug-likeness (QED) is 0.636. The molecule has 0 aromatic carbocycles. The van der Waals surface area contributed by atoms with E-state index in [9.17, 15) is 8.78 Å². The van der Waals surface area contributed by atoms with Crippen molar-refractivity contribution in [2.45, 2.75) is 38.7 Å². The molecule has 0 aromatic heterocycles. The Balaban J connectivity index is 2.70. The van der Waals surface area contributed by atoms with Gasteiger partial charge in [-0.25, -0.2) is 8.78 Å². The molecule has 1 atom stereocenters. The van der Waals surface area contributed by atoms with Crippen LogP contribution in [0, 0.1) is 5.41 Å². The minimum Gasteiger partial charge on any atom is -0.327 e. The van der Waals surface area contributed by atoms with E-state index in [1.165, 1.54) is 0 Å². The third kappa shape index (κ3) is 0.926. The molecule has 0 spiro atoms. The second-order valence-corrected chi connectivity index (χ2v) is 3.33. The third-order valence-electron chi connectivity index (χ3n) is 2.53. The van der Waals surface area contributed by atoms with Gasteiger partial charge in [0.25, 0.3) is 5.92 Å². The Morgan fingerprint density at radius 2 is 1.90 bits per heavy atom. The first-order valence-electron chi connectivity index (χ1n) is 3.53. The fraction of sp³-hybridized carbons (Fsp3) is 1.00. The van der Waals surface area contributed by atoms with Crippen molar-refractivity contribution in [3.8, 4) is 0 Å². The maximum Gasteiger partial charge on any atom is 0.252 e. The lowest BCUT2D eigenvalue weighted by molar-refractivity contribution is -0.0625. The van der Waals surface area contributed by atoms with E-state index in [1.54, 1.807) is 6.92 Å². The maximum atomic E-state index is 12.7. The Bertz CT molecular complexity index is 133. The fourth-order valence-corrected chi connectivity index (χ4v) is 1.43. The van der Waals surface area contributed by atoms with Crippen molar-refractivity contribution in [3.63, 3.8) is 0 Å². The van der Waals surface area contributed by atoms with Crippen molar-refractivity contribution in [2.24, 2.45) is 11.1 Å². The van der Waals surface area contributed by atoms with Crippen LogP contribution in [0.15, 0.2) is 0 Å². The predicted molar refractivity (Wildman–Crippen MR) is 35.9 cm³/mol. The van der Waals surface area contributed by atoms with Gasteiger partial charge >= 0.3 is 0 Å². The molecule has 2 N–H and O–H groups in total. The van der Waals surface area contributed by atoms with Crippen LogP contribution in [0.25, 0.3) is 0 Å². The number of rotatable bonds is 2. The van der Waals surface area contributed by atoms with Gasteiger partial charge in [0.2, 0.25) is 0 Å². The normalized spacial score (nSPS) is 26.1. The Kier molecular flexibility index (Phi) is 1.51. The standard InChI is InChI=1S/C7H13F2N/c1-5(10)7(3-4-7)6(2,8)9/h5H,3-4,10H2,1-2H3. The molecule has 0 bridgehead atoms. The molecule has 0 amide bonds. The van der Waals surface area contributed by atoms with Crippen LogP contribution < -0.4 is 5.73 Å². The average Bonchev–Trinajstić information content (AvgIpc) is 2.36. The largest absolute Gasteiger partial charge is 0.327 e. The molecule has 3 heteroatoms. The summed E-state index contributed by atoms with van der Waals surface area (Å²) in [5.41, 5.74) is 4.57. The lowest BCUT2D eigenvalue weighted by Crippen LogP contribution is -2.40. The first-order valence-corrected chi connectivity index (χ1v) is 3.53. The third-order valence-corrected chi connectivity index (χ3v) is 2.53. The molecule has 1 aliphatic carbocycles. The highest BCUT2D eigenvalue weighted by molar-refractivity contribution is 5.06. The predicted octanol–water partition coefficient (Wildman–Crippen LogP) is 1.77. The molecule has 60 valence electrons. The van der Waals surface area contributed by atoms with E-state index in [0.29, 0.717) is 12.8 Å². The molecule has 1 rings (SSSR count). The van der Waals surface area contributed by atoms with Crippen molar-refractivity contribution in [1.82, 2.24) is 0 Å². The highest BCUT2D eigenvalue weighted by atomic mass is 19.3. The summed E-state index contributed by atoms with van der Waals surface area (Å²) >= 11 is 0. The fourth-order valence-electron chi connectivity index (χ4n) is 1.43. The minimum absolute atomic E-state index is 0.382. The number of alkyl halides is 2. The van der Waals surface area contributed by atoms with Crippen LogP contribution in [0.1, 0.15) is 26.7 Å². The van der Waals surface area contributed by atoms with Gasteiger partial charge in [-0.1, -0.05) is 0 Å².